The third kappa shape index (κ3) is 2.31. The van der Waals surface area contributed by atoms with Crippen LogP contribution in [0.5, 0.6) is 0 Å². The van der Waals surface area contributed by atoms with E-state index in [9.17, 15) is 4.79 Å². The molecule has 0 aromatic heterocycles. The molecule has 0 saturated heterocycles. The van der Waals surface area contributed by atoms with Crippen LogP contribution in [-0.4, -0.2) is 36.9 Å². The van der Waals surface area contributed by atoms with Crippen LogP contribution in [0.25, 0.3) is 0 Å². The van der Waals surface area contributed by atoms with Gasteiger partial charge in [0.25, 0.3) is 0 Å². The highest BCUT2D eigenvalue weighted by molar-refractivity contribution is 5.93. The Balaban J connectivity index is 2.62. The van der Waals surface area contributed by atoms with Crippen LogP contribution in [0.1, 0.15) is 13.3 Å². The predicted molar refractivity (Wildman–Crippen MR) is 49.7 cm³/mol. The van der Waals surface area contributed by atoms with Gasteiger partial charge in [0.2, 0.25) is 0 Å². The van der Waals surface area contributed by atoms with E-state index in [2.05, 4.69) is 0 Å². The van der Waals surface area contributed by atoms with Crippen molar-refractivity contribution in [1.82, 2.24) is 4.90 Å². The largest absolute Gasteiger partial charge is 0.463 e. The van der Waals surface area contributed by atoms with Crippen LogP contribution >= 0.6 is 0 Å². The average molecular weight is 182 g/mol. The molecule has 0 atom stereocenters. The van der Waals surface area contributed by atoms with Crippen molar-refractivity contribution in [2.45, 2.75) is 13.3 Å². The van der Waals surface area contributed by atoms with Gasteiger partial charge in [0.15, 0.2) is 0 Å². The van der Waals surface area contributed by atoms with E-state index in [-0.39, 0.29) is 5.97 Å². The molecule has 1 N–H and O–H groups in total. The Morgan fingerprint density at radius 3 is 3.00 bits per heavy atom. The highest BCUT2D eigenvalue weighted by Crippen LogP contribution is 2.10. The summed E-state index contributed by atoms with van der Waals surface area (Å²) in [6.45, 7) is 2.67. The summed E-state index contributed by atoms with van der Waals surface area (Å²) >= 11 is 0. The van der Waals surface area contributed by atoms with Crippen molar-refractivity contribution in [3.63, 3.8) is 0 Å². The lowest BCUT2D eigenvalue weighted by Crippen LogP contribution is -2.33. The molecule has 1 aliphatic heterocycles. The van der Waals surface area contributed by atoms with E-state index in [4.69, 9.17) is 10.1 Å². The molecule has 0 aromatic rings. The van der Waals surface area contributed by atoms with E-state index in [1.54, 1.807) is 24.9 Å². The van der Waals surface area contributed by atoms with Crippen molar-refractivity contribution in [3.8, 4) is 0 Å². The maximum absolute atomic E-state index is 11.3. The normalized spacial score (nSPS) is 16.9. The average Bonchev–Trinajstić information content (AvgIpc) is 2.10. The summed E-state index contributed by atoms with van der Waals surface area (Å²) in [7, 11) is 1.80. The van der Waals surface area contributed by atoms with Crippen molar-refractivity contribution in [2.75, 3.05) is 20.2 Å². The molecule has 1 rings (SSSR count). The van der Waals surface area contributed by atoms with Gasteiger partial charge in [-0.25, -0.2) is 4.79 Å². The number of nitrogens with one attached hydrogen (secondary N) is 1. The van der Waals surface area contributed by atoms with Crippen molar-refractivity contribution in [2.24, 2.45) is 0 Å². The maximum atomic E-state index is 11.3. The summed E-state index contributed by atoms with van der Waals surface area (Å²) in [5.74, 6) is 0.273. The zero-order chi connectivity index (χ0) is 9.84. The third-order valence-corrected chi connectivity index (χ3v) is 1.95. The van der Waals surface area contributed by atoms with Gasteiger partial charge in [-0.2, -0.15) is 0 Å². The maximum Gasteiger partial charge on any atom is 0.335 e. The smallest absolute Gasteiger partial charge is 0.335 e. The summed E-state index contributed by atoms with van der Waals surface area (Å²) in [5, 5.41) is 7.46. The van der Waals surface area contributed by atoms with Crippen LogP contribution in [-0.2, 0) is 9.53 Å². The lowest BCUT2D eigenvalue weighted by Gasteiger charge is -2.24. The Hall–Kier alpha value is -1.32. The second-order valence-electron chi connectivity index (χ2n) is 2.96. The highest BCUT2D eigenvalue weighted by atomic mass is 16.5. The number of amidine groups is 1. The Labute approximate surface area is 77.7 Å². The molecule has 13 heavy (non-hydrogen) atoms. The predicted octanol–water partition coefficient (Wildman–Crippen LogP) is 0.789. The van der Waals surface area contributed by atoms with Crippen molar-refractivity contribution >= 4 is 11.8 Å². The fraction of sp³-hybridized carbons (Fsp3) is 0.556. The van der Waals surface area contributed by atoms with Gasteiger partial charge >= 0.3 is 5.97 Å². The lowest BCUT2D eigenvalue weighted by atomic mass is 10.1. The summed E-state index contributed by atoms with van der Waals surface area (Å²) < 4.78 is 4.86. The SMILES string of the molecule is CCOC(=O)C1=CCC(=N)N(C)C1. The first-order valence-electron chi connectivity index (χ1n) is 4.30. The second-order valence-corrected chi connectivity index (χ2v) is 2.96. The molecular weight excluding hydrogens is 168 g/mol. The Kier molecular flexibility index (Phi) is 3.06. The first-order chi connectivity index (χ1) is 6.15. The van der Waals surface area contributed by atoms with Crippen LogP contribution in [0, 0.1) is 5.41 Å². The third-order valence-electron chi connectivity index (χ3n) is 1.95. The van der Waals surface area contributed by atoms with Crippen molar-refractivity contribution in [3.05, 3.63) is 11.6 Å². The Morgan fingerprint density at radius 2 is 2.46 bits per heavy atom. The van der Waals surface area contributed by atoms with E-state index in [0.29, 0.717) is 31.0 Å². The van der Waals surface area contributed by atoms with Crippen LogP contribution in [0.4, 0.5) is 0 Å². The molecule has 4 heteroatoms. The quantitative estimate of drug-likeness (QED) is 0.642. The van der Waals surface area contributed by atoms with Gasteiger partial charge in [0.1, 0.15) is 0 Å². The van der Waals surface area contributed by atoms with Gasteiger partial charge in [0, 0.05) is 13.5 Å². The Morgan fingerprint density at radius 1 is 1.77 bits per heavy atom. The fourth-order valence-electron chi connectivity index (χ4n) is 1.16. The molecule has 0 spiro atoms. The van der Waals surface area contributed by atoms with Gasteiger partial charge in [-0.05, 0) is 6.92 Å². The van der Waals surface area contributed by atoms with Crippen LogP contribution in [0.15, 0.2) is 11.6 Å². The highest BCUT2D eigenvalue weighted by Gasteiger charge is 2.18. The van der Waals surface area contributed by atoms with Crippen LogP contribution in [0.3, 0.4) is 0 Å². The lowest BCUT2D eigenvalue weighted by molar-refractivity contribution is -0.138. The fourth-order valence-corrected chi connectivity index (χ4v) is 1.16. The summed E-state index contributed by atoms with van der Waals surface area (Å²) in [6, 6.07) is 0. The summed E-state index contributed by atoms with van der Waals surface area (Å²) in [6.07, 6.45) is 2.28. The van der Waals surface area contributed by atoms with E-state index in [1.807, 2.05) is 0 Å². The molecule has 72 valence electrons. The monoisotopic (exact) mass is 182 g/mol. The number of likely N-dealkylation sites (N-methyl/N-ethyl adjacent to an activating group) is 1. The van der Waals surface area contributed by atoms with E-state index < -0.39 is 0 Å². The molecule has 4 nitrogen and oxygen atoms in total. The topological polar surface area (TPSA) is 53.4 Å². The first-order valence-corrected chi connectivity index (χ1v) is 4.30. The number of hydrogen-bond donors (Lipinski definition) is 1. The minimum absolute atomic E-state index is 0.262. The van der Waals surface area contributed by atoms with Gasteiger partial charge in [-0.3, -0.25) is 5.41 Å². The van der Waals surface area contributed by atoms with Gasteiger partial charge in [-0.15, -0.1) is 0 Å². The van der Waals surface area contributed by atoms with Gasteiger partial charge in [0.05, 0.1) is 24.6 Å². The molecule has 1 heterocycles. The minimum Gasteiger partial charge on any atom is -0.463 e. The number of nitrogens with zero attached hydrogens (tertiary/aromatic N) is 1. The van der Waals surface area contributed by atoms with Crippen LogP contribution in [0.2, 0.25) is 0 Å². The number of carbonyl (C=O) groups excluding carboxylic acids is 1. The first kappa shape index (κ1) is 9.77. The van der Waals surface area contributed by atoms with E-state index in [1.165, 1.54) is 0 Å². The van der Waals surface area contributed by atoms with Crippen molar-refractivity contribution < 1.29 is 9.53 Å². The standard InChI is InChI=1S/C9H14N2O2/c1-3-13-9(12)7-4-5-8(10)11(2)6-7/h4,10H,3,5-6H2,1-2H3. The van der Waals surface area contributed by atoms with Gasteiger partial charge in [-0.1, -0.05) is 6.08 Å². The van der Waals surface area contributed by atoms with Crippen LogP contribution < -0.4 is 0 Å². The van der Waals surface area contributed by atoms with E-state index >= 15 is 0 Å². The minimum atomic E-state index is -0.262. The number of carbonyl (C=O) groups is 1. The number of hydrogen-bond acceptors (Lipinski definition) is 3. The molecule has 0 amide bonds. The van der Waals surface area contributed by atoms with Crippen molar-refractivity contribution in [1.29, 1.82) is 5.41 Å². The second kappa shape index (κ2) is 4.07. The number of esters is 1. The molecule has 0 bridgehead atoms. The molecule has 0 fully saturated rings. The molecular formula is C9H14N2O2. The molecule has 1 aliphatic rings. The van der Waals surface area contributed by atoms with Gasteiger partial charge < -0.3 is 9.64 Å². The Bertz CT molecular complexity index is 258. The summed E-state index contributed by atoms with van der Waals surface area (Å²) in [4.78, 5) is 13.0. The molecule has 0 aromatic carbocycles. The zero-order valence-corrected chi connectivity index (χ0v) is 7.96. The number of rotatable bonds is 2. The van der Waals surface area contributed by atoms with E-state index in [0.717, 1.165) is 0 Å². The molecule has 0 aliphatic carbocycles. The summed E-state index contributed by atoms with van der Waals surface area (Å²) in [5.41, 5.74) is 0.653. The molecule has 0 radical (unpaired) electrons. The number of ether oxygens (including phenoxy) is 1. The molecule has 0 unspecified atom stereocenters. The molecule has 0 saturated carbocycles. The zero-order valence-electron chi connectivity index (χ0n) is 7.96.